The molecule has 0 aliphatic heterocycles. The van der Waals surface area contributed by atoms with E-state index in [0.29, 0.717) is 17.5 Å². The molecule has 0 amide bonds. The van der Waals surface area contributed by atoms with Gasteiger partial charge in [-0.25, -0.2) is 10.8 Å². The molecule has 1 aliphatic carbocycles. The SMILES string of the molecule is Cc1nc(NN)cc(OC2CCC(C)CC2)n1. The molecule has 1 aromatic heterocycles. The quantitative estimate of drug-likeness (QED) is 0.620. The molecular weight excluding hydrogens is 216 g/mol. The lowest BCUT2D eigenvalue weighted by molar-refractivity contribution is 0.130. The minimum atomic E-state index is 0.283. The van der Waals surface area contributed by atoms with Crippen LogP contribution in [-0.4, -0.2) is 16.1 Å². The van der Waals surface area contributed by atoms with E-state index < -0.39 is 0 Å². The maximum absolute atomic E-state index is 5.88. The maximum Gasteiger partial charge on any atom is 0.219 e. The molecule has 1 aliphatic rings. The smallest absolute Gasteiger partial charge is 0.219 e. The van der Waals surface area contributed by atoms with Crippen molar-refractivity contribution in [1.82, 2.24) is 9.97 Å². The van der Waals surface area contributed by atoms with Crippen molar-refractivity contribution in [2.24, 2.45) is 11.8 Å². The average Bonchev–Trinajstić information content (AvgIpc) is 2.31. The summed E-state index contributed by atoms with van der Waals surface area (Å²) >= 11 is 0. The van der Waals surface area contributed by atoms with Crippen molar-refractivity contribution in [3.05, 3.63) is 11.9 Å². The number of nitrogens with two attached hydrogens (primary N) is 1. The standard InChI is InChI=1S/C12H20N4O/c1-8-3-5-10(6-4-8)17-12-7-11(16-13)14-9(2)15-12/h7-8,10H,3-6,13H2,1-2H3,(H,14,15,16). The highest BCUT2D eigenvalue weighted by molar-refractivity contribution is 5.36. The van der Waals surface area contributed by atoms with E-state index in [-0.39, 0.29) is 6.10 Å². The normalized spacial score (nSPS) is 24.4. The third-order valence-electron chi connectivity index (χ3n) is 3.21. The van der Waals surface area contributed by atoms with E-state index in [1.165, 1.54) is 12.8 Å². The van der Waals surface area contributed by atoms with Gasteiger partial charge in [0.25, 0.3) is 0 Å². The van der Waals surface area contributed by atoms with Gasteiger partial charge >= 0.3 is 0 Å². The fraction of sp³-hybridized carbons (Fsp3) is 0.667. The molecule has 5 heteroatoms. The van der Waals surface area contributed by atoms with Crippen molar-refractivity contribution in [2.75, 3.05) is 5.43 Å². The summed E-state index contributed by atoms with van der Waals surface area (Å²) in [5.74, 6) is 8.04. The summed E-state index contributed by atoms with van der Waals surface area (Å²) in [4.78, 5) is 8.40. The highest BCUT2D eigenvalue weighted by Crippen LogP contribution is 2.27. The molecule has 0 radical (unpaired) electrons. The third kappa shape index (κ3) is 3.30. The second-order valence-corrected chi connectivity index (χ2v) is 4.78. The molecule has 5 nitrogen and oxygen atoms in total. The van der Waals surface area contributed by atoms with E-state index >= 15 is 0 Å². The van der Waals surface area contributed by atoms with Gasteiger partial charge in [0, 0.05) is 6.07 Å². The first-order valence-electron chi connectivity index (χ1n) is 6.16. The van der Waals surface area contributed by atoms with Gasteiger partial charge in [0.05, 0.1) is 0 Å². The Morgan fingerprint density at radius 3 is 2.65 bits per heavy atom. The zero-order chi connectivity index (χ0) is 12.3. The number of hydrogen-bond donors (Lipinski definition) is 2. The van der Waals surface area contributed by atoms with Crippen LogP contribution in [0.5, 0.6) is 5.88 Å². The van der Waals surface area contributed by atoms with Crippen molar-refractivity contribution in [2.45, 2.75) is 45.6 Å². The van der Waals surface area contributed by atoms with E-state index in [0.717, 1.165) is 18.8 Å². The van der Waals surface area contributed by atoms with Crippen molar-refractivity contribution >= 4 is 5.82 Å². The van der Waals surface area contributed by atoms with Crippen LogP contribution in [0.15, 0.2) is 6.07 Å². The molecule has 0 spiro atoms. The Bertz CT molecular complexity index is 375. The Morgan fingerprint density at radius 1 is 1.29 bits per heavy atom. The van der Waals surface area contributed by atoms with Gasteiger partial charge in [0.2, 0.25) is 5.88 Å². The van der Waals surface area contributed by atoms with Crippen LogP contribution < -0.4 is 16.0 Å². The Labute approximate surface area is 102 Å². The number of rotatable bonds is 3. The average molecular weight is 236 g/mol. The van der Waals surface area contributed by atoms with E-state index in [4.69, 9.17) is 10.6 Å². The lowest BCUT2D eigenvalue weighted by atomic mass is 9.89. The number of nitrogens with zero attached hydrogens (tertiary/aromatic N) is 2. The lowest BCUT2D eigenvalue weighted by Gasteiger charge is -2.26. The highest BCUT2D eigenvalue weighted by atomic mass is 16.5. The molecule has 0 saturated heterocycles. The Kier molecular flexibility index (Phi) is 3.78. The summed E-state index contributed by atoms with van der Waals surface area (Å²) in [6.45, 7) is 4.12. The third-order valence-corrected chi connectivity index (χ3v) is 3.21. The molecule has 94 valence electrons. The lowest BCUT2D eigenvalue weighted by Crippen LogP contribution is -2.23. The predicted octanol–water partition coefficient (Wildman–Crippen LogP) is 2.03. The summed E-state index contributed by atoms with van der Waals surface area (Å²) < 4.78 is 5.88. The topological polar surface area (TPSA) is 73.1 Å². The van der Waals surface area contributed by atoms with Gasteiger partial charge in [0.15, 0.2) is 0 Å². The Hall–Kier alpha value is -1.36. The summed E-state index contributed by atoms with van der Waals surface area (Å²) in [6.07, 6.45) is 4.96. The van der Waals surface area contributed by atoms with Crippen LogP contribution in [0.1, 0.15) is 38.4 Å². The molecule has 0 unspecified atom stereocenters. The fourth-order valence-corrected chi connectivity index (χ4v) is 2.19. The Balaban J connectivity index is 2.00. The van der Waals surface area contributed by atoms with Crippen LogP contribution in [0.3, 0.4) is 0 Å². The predicted molar refractivity (Wildman–Crippen MR) is 66.6 cm³/mol. The largest absolute Gasteiger partial charge is 0.474 e. The van der Waals surface area contributed by atoms with E-state index in [2.05, 4.69) is 22.3 Å². The van der Waals surface area contributed by atoms with E-state index in [9.17, 15) is 0 Å². The van der Waals surface area contributed by atoms with Gasteiger partial charge in [-0.05, 0) is 38.5 Å². The molecule has 1 heterocycles. The van der Waals surface area contributed by atoms with Crippen LogP contribution in [0.4, 0.5) is 5.82 Å². The molecule has 0 atom stereocenters. The summed E-state index contributed by atoms with van der Waals surface area (Å²) in [5, 5.41) is 0. The van der Waals surface area contributed by atoms with Crippen LogP contribution in [0.25, 0.3) is 0 Å². The van der Waals surface area contributed by atoms with E-state index in [1.807, 2.05) is 6.92 Å². The summed E-state index contributed by atoms with van der Waals surface area (Å²) in [5.41, 5.74) is 2.52. The maximum atomic E-state index is 5.88. The molecule has 0 aromatic carbocycles. The highest BCUT2D eigenvalue weighted by Gasteiger charge is 2.20. The summed E-state index contributed by atoms with van der Waals surface area (Å²) in [6, 6.07) is 1.74. The van der Waals surface area contributed by atoms with Gasteiger partial charge < -0.3 is 10.2 Å². The van der Waals surface area contributed by atoms with Crippen LogP contribution in [-0.2, 0) is 0 Å². The number of nitrogens with one attached hydrogen (secondary N) is 1. The number of nitrogen functional groups attached to an aromatic ring is 1. The monoisotopic (exact) mass is 236 g/mol. The van der Waals surface area contributed by atoms with Crippen molar-refractivity contribution in [3.63, 3.8) is 0 Å². The molecule has 1 fully saturated rings. The molecule has 1 aromatic rings. The minimum absolute atomic E-state index is 0.283. The van der Waals surface area contributed by atoms with Gasteiger partial charge in [-0.2, -0.15) is 4.98 Å². The van der Waals surface area contributed by atoms with Gasteiger partial charge in [-0.15, -0.1) is 0 Å². The zero-order valence-corrected chi connectivity index (χ0v) is 10.4. The number of ether oxygens (including phenoxy) is 1. The van der Waals surface area contributed by atoms with Gasteiger partial charge in [-0.3, -0.25) is 0 Å². The van der Waals surface area contributed by atoms with E-state index in [1.54, 1.807) is 6.07 Å². The molecule has 17 heavy (non-hydrogen) atoms. The fourth-order valence-electron chi connectivity index (χ4n) is 2.19. The molecule has 3 N–H and O–H groups in total. The summed E-state index contributed by atoms with van der Waals surface area (Å²) in [7, 11) is 0. The second-order valence-electron chi connectivity index (χ2n) is 4.78. The Morgan fingerprint density at radius 2 is 2.00 bits per heavy atom. The molecule has 0 bridgehead atoms. The number of aromatic nitrogens is 2. The van der Waals surface area contributed by atoms with Gasteiger partial charge in [-0.1, -0.05) is 6.92 Å². The van der Waals surface area contributed by atoms with Crippen molar-refractivity contribution in [1.29, 1.82) is 0 Å². The minimum Gasteiger partial charge on any atom is -0.474 e. The van der Waals surface area contributed by atoms with Crippen molar-refractivity contribution in [3.8, 4) is 5.88 Å². The van der Waals surface area contributed by atoms with Crippen LogP contribution in [0.2, 0.25) is 0 Å². The first kappa shape index (κ1) is 12.1. The number of aryl methyl sites for hydroxylation is 1. The molecule has 2 rings (SSSR count). The number of hydrazine groups is 1. The first-order chi connectivity index (χ1) is 8.17. The van der Waals surface area contributed by atoms with Crippen LogP contribution in [0, 0.1) is 12.8 Å². The molecule has 1 saturated carbocycles. The van der Waals surface area contributed by atoms with Crippen LogP contribution >= 0.6 is 0 Å². The van der Waals surface area contributed by atoms with Crippen molar-refractivity contribution < 1.29 is 4.74 Å². The second kappa shape index (κ2) is 5.31. The number of hydrogen-bond acceptors (Lipinski definition) is 5. The molecular formula is C12H20N4O. The number of anilines is 1. The first-order valence-corrected chi connectivity index (χ1v) is 6.16. The zero-order valence-electron chi connectivity index (χ0n) is 10.4. The van der Waals surface area contributed by atoms with Gasteiger partial charge in [0.1, 0.15) is 17.7 Å².